The fraction of sp³-hybridized carbons (Fsp3) is 1.00. The van der Waals surface area contributed by atoms with Crippen molar-refractivity contribution in [2.75, 3.05) is 19.6 Å². The quantitative estimate of drug-likeness (QED) is 0.726. The topological polar surface area (TPSA) is 24.1 Å². The first kappa shape index (κ1) is 12.0. The zero-order valence-electron chi connectivity index (χ0n) is 10.2. The summed E-state index contributed by atoms with van der Waals surface area (Å²) in [6, 6.07) is 0. The van der Waals surface area contributed by atoms with Crippen LogP contribution in [0.25, 0.3) is 0 Å². The summed E-state index contributed by atoms with van der Waals surface area (Å²) in [5, 5.41) is 7.17. The fourth-order valence-corrected chi connectivity index (χ4v) is 2.06. The lowest BCUT2D eigenvalue weighted by Gasteiger charge is -2.39. The lowest BCUT2D eigenvalue weighted by molar-refractivity contribution is 0.176. The van der Waals surface area contributed by atoms with E-state index < -0.39 is 0 Å². The molecule has 1 rings (SSSR count). The zero-order chi connectivity index (χ0) is 10.7. The molecule has 0 spiro atoms. The van der Waals surface area contributed by atoms with Crippen LogP contribution in [0.15, 0.2) is 0 Å². The number of hydrogen-bond donors (Lipinski definition) is 2. The minimum atomic E-state index is 0.250. The first-order valence-electron chi connectivity index (χ1n) is 5.93. The molecule has 1 atom stereocenters. The van der Waals surface area contributed by atoms with Crippen molar-refractivity contribution in [1.82, 2.24) is 10.6 Å². The van der Waals surface area contributed by atoms with Gasteiger partial charge in [-0.05, 0) is 52.0 Å². The number of hydrogen-bond acceptors (Lipinski definition) is 2. The lowest BCUT2D eigenvalue weighted by atomic mass is 9.78. The Bertz CT molecular complexity index is 164. The molecule has 0 radical (unpaired) electrons. The average Bonchev–Trinajstić information content (AvgIpc) is 2.15. The van der Waals surface area contributed by atoms with Crippen LogP contribution in [-0.4, -0.2) is 25.2 Å². The molecule has 2 nitrogen and oxygen atoms in total. The van der Waals surface area contributed by atoms with Gasteiger partial charge in [-0.2, -0.15) is 0 Å². The highest BCUT2D eigenvalue weighted by molar-refractivity contribution is 4.88. The predicted octanol–water partition coefficient (Wildman–Crippen LogP) is 2.15. The van der Waals surface area contributed by atoms with Gasteiger partial charge in [0.2, 0.25) is 0 Å². The van der Waals surface area contributed by atoms with Crippen molar-refractivity contribution in [3.63, 3.8) is 0 Å². The summed E-state index contributed by atoms with van der Waals surface area (Å²) in [5.41, 5.74) is 0.755. The van der Waals surface area contributed by atoms with E-state index >= 15 is 0 Å². The van der Waals surface area contributed by atoms with Gasteiger partial charge in [0.1, 0.15) is 0 Å². The molecule has 0 aliphatic carbocycles. The lowest BCUT2D eigenvalue weighted by Crippen LogP contribution is -2.50. The molecule has 2 N–H and O–H groups in total. The number of piperidine rings is 1. The van der Waals surface area contributed by atoms with Crippen molar-refractivity contribution in [2.24, 2.45) is 5.41 Å². The van der Waals surface area contributed by atoms with Crippen LogP contribution >= 0.6 is 0 Å². The van der Waals surface area contributed by atoms with E-state index in [2.05, 4.69) is 38.3 Å². The van der Waals surface area contributed by atoms with Gasteiger partial charge in [0, 0.05) is 18.6 Å². The molecule has 84 valence electrons. The van der Waals surface area contributed by atoms with Crippen LogP contribution in [0, 0.1) is 5.41 Å². The van der Waals surface area contributed by atoms with Gasteiger partial charge in [-0.1, -0.05) is 6.92 Å². The molecule has 0 saturated carbocycles. The summed E-state index contributed by atoms with van der Waals surface area (Å²) in [6.45, 7) is 12.6. The summed E-state index contributed by atoms with van der Waals surface area (Å²) < 4.78 is 0. The van der Waals surface area contributed by atoms with Crippen LogP contribution in [0.2, 0.25) is 0 Å². The van der Waals surface area contributed by atoms with Crippen LogP contribution in [0.5, 0.6) is 0 Å². The summed E-state index contributed by atoms with van der Waals surface area (Å²) in [6.07, 6.45) is 3.99. The highest BCUT2D eigenvalue weighted by atomic mass is 15.0. The van der Waals surface area contributed by atoms with Gasteiger partial charge in [0.15, 0.2) is 0 Å². The number of rotatable bonds is 3. The largest absolute Gasteiger partial charge is 0.316 e. The van der Waals surface area contributed by atoms with Crippen LogP contribution in [-0.2, 0) is 0 Å². The van der Waals surface area contributed by atoms with E-state index in [1.807, 2.05) is 0 Å². The van der Waals surface area contributed by atoms with Crippen molar-refractivity contribution in [3.05, 3.63) is 0 Å². The summed E-state index contributed by atoms with van der Waals surface area (Å²) in [5.74, 6) is 0. The Morgan fingerprint density at radius 1 is 1.36 bits per heavy atom. The van der Waals surface area contributed by atoms with E-state index in [-0.39, 0.29) is 5.54 Å². The Balaban J connectivity index is 2.44. The van der Waals surface area contributed by atoms with E-state index in [4.69, 9.17) is 0 Å². The second-order valence-corrected chi connectivity index (χ2v) is 5.74. The van der Waals surface area contributed by atoms with Gasteiger partial charge in [0.05, 0.1) is 0 Å². The molecule has 1 unspecified atom stereocenters. The van der Waals surface area contributed by atoms with Crippen molar-refractivity contribution < 1.29 is 0 Å². The van der Waals surface area contributed by atoms with Gasteiger partial charge < -0.3 is 10.6 Å². The molecular formula is C12H26N2. The van der Waals surface area contributed by atoms with Crippen LogP contribution < -0.4 is 10.6 Å². The Labute approximate surface area is 88.8 Å². The minimum Gasteiger partial charge on any atom is -0.316 e. The molecule has 1 heterocycles. The van der Waals surface area contributed by atoms with Crippen LogP contribution in [0.4, 0.5) is 0 Å². The zero-order valence-corrected chi connectivity index (χ0v) is 10.2. The monoisotopic (exact) mass is 198 g/mol. The summed E-state index contributed by atoms with van der Waals surface area (Å²) in [7, 11) is 0. The maximum absolute atomic E-state index is 3.64. The normalized spacial score (nSPS) is 29.1. The van der Waals surface area contributed by atoms with Crippen molar-refractivity contribution in [3.8, 4) is 0 Å². The second-order valence-electron chi connectivity index (χ2n) is 5.74. The maximum atomic E-state index is 3.64. The first-order chi connectivity index (χ1) is 6.47. The van der Waals surface area contributed by atoms with E-state index in [1.165, 1.54) is 32.4 Å². The van der Waals surface area contributed by atoms with Crippen molar-refractivity contribution >= 4 is 0 Å². The fourth-order valence-electron chi connectivity index (χ4n) is 2.06. The van der Waals surface area contributed by atoms with Gasteiger partial charge in [0.25, 0.3) is 0 Å². The highest BCUT2D eigenvalue weighted by Gasteiger charge is 2.30. The SMILES string of the molecule is CCC1(CNC(C)(C)C)CCCNC1. The molecule has 1 saturated heterocycles. The number of nitrogens with one attached hydrogen (secondary N) is 2. The Morgan fingerprint density at radius 2 is 2.07 bits per heavy atom. The van der Waals surface area contributed by atoms with E-state index in [0.717, 1.165) is 6.54 Å². The van der Waals surface area contributed by atoms with Crippen LogP contribution in [0.1, 0.15) is 47.0 Å². The molecule has 0 aromatic heterocycles. The smallest absolute Gasteiger partial charge is 0.00967 e. The van der Waals surface area contributed by atoms with Gasteiger partial charge in [-0.3, -0.25) is 0 Å². The first-order valence-corrected chi connectivity index (χ1v) is 5.93. The Kier molecular flexibility index (Phi) is 3.96. The van der Waals surface area contributed by atoms with Crippen molar-refractivity contribution in [2.45, 2.75) is 52.5 Å². The molecule has 1 aliphatic rings. The van der Waals surface area contributed by atoms with E-state index in [1.54, 1.807) is 0 Å². The van der Waals surface area contributed by atoms with E-state index in [0.29, 0.717) is 5.41 Å². The van der Waals surface area contributed by atoms with Crippen molar-refractivity contribution in [1.29, 1.82) is 0 Å². The third-order valence-electron chi connectivity index (χ3n) is 3.30. The van der Waals surface area contributed by atoms with Gasteiger partial charge >= 0.3 is 0 Å². The standard InChI is InChI=1S/C12H26N2/c1-5-12(7-6-8-13-9-12)10-14-11(2,3)4/h13-14H,5-10H2,1-4H3. The molecule has 0 aromatic rings. The summed E-state index contributed by atoms with van der Waals surface area (Å²) in [4.78, 5) is 0. The minimum absolute atomic E-state index is 0.250. The third-order valence-corrected chi connectivity index (χ3v) is 3.30. The molecular weight excluding hydrogens is 172 g/mol. The molecule has 14 heavy (non-hydrogen) atoms. The third kappa shape index (κ3) is 3.58. The predicted molar refractivity (Wildman–Crippen MR) is 62.6 cm³/mol. The summed E-state index contributed by atoms with van der Waals surface area (Å²) >= 11 is 0. The maximum Gasteiger partial charge on any atom is 0.00967 e. The van der Waals surface area contributed by atoms with E-state index in [9.17, 15) is 0 Å². The Hall–Kier alpha value is -0.0800. The average molecular weight is 198 g/mol. The second kappa shape index (κ2) is 4.63. The van der Waals surface area contributed by atoms with Crippen LogP contribution in [0.3, 0.4) is 0 Å². The highest BCUT2D eigenvalue weighted by Crippen LogP contribution is 2.29. The molecule has 0 amide bonds. The molecule has 0 bridgehead atoms. The Morgan fingerprint density at radius 3 is 2.50 bits per heavy atom. The molecule has 2 heteroatoms. The molecule has 1 fully saturated rings. The molecule has 1 aliphatic heterocycles. The van der Waals surface area contributed by atoms with Gasteiger partial charge in [-0.15, -0.1) is 0 Å². The molecule has 0 aromatic carbocycles. The van der Waals surface area contributed by atoms with Gasteiger partial charge in [-0.25, -0.2) is 0 Å².